The first-order chi connectivity index (χ1) is 9.63. The molecule has 20 heavy (non-hydrogen) atoms. The minimum absolute atomic E-state index is 0.0165. The number of hydrogen-bond acceptors (Lipinski definition) is 2. The zero-order valence-corrected chi connectivity index (χ0v) is 12.9. The van der Waals surface area contributed by atoms with Crippen LogP contribution < -0.4 is 0 Å². The van der Waals surface area contributed by atoms with Gasteiger partial charge in [-0.25, -0.2) is 0 Å². The molecule has 3 nitrogen and oxygen atoms in total. The molecule has 0 aliphatic carbocycles. The lowest BCUT2D eigenvalue weighted by molar-refractivity contribution is -0.157. The molecule has 2 aromatic rings. The Morgan fingerprint density at radius 2 is 1.95 bits per heavy atom. The zero-order chi connectivity index (χ0) is 14.5. The van der Waals surface area contributed by atoms with E-state index in [1.165, 1.54) is 16.6 Å². The van der Waals surface area contributed by atoms with Crippen LogP contribution in [0.3, 0.4) is 0 Å². The molecule has 0 spiro atoms. The van der Waals surface area contributed by atoms with Crippen LogP contribution in [0, 0.1) is 6.92 Å². The third kappa shape index (κ3) is 3.41. The van der Waals surface area contributed by atoms with E-state index < -0.39 is 0 Å². The summed E-state index contributed by atoms with van der Waals surface area (Å²) in [6, 6.07) is 8.34. The summed E-state index contributed by atoms with van der Waals surface area (Å²) in [6.07, 6.45) is 2.06. The molecule has 2 atom stereocenters. The molecule has 1 aromatic carbocycles. The Hall–Kier alpha value is -1.32. The van der Waals surface area contributed by atoms with Crippen LogP contribution >= 0.6 is 0 Å². The van der Waals surface area contributed by atoms with Gasteiger partial charge in [0.25, 0.3) is 0 Å². The molecule has 0 radical (unpaired) electrons. The number of ether oxygens (including phenoxy) is 2. The van der Waals surface area contributed by atoms with Crippen molar-refractivity contribution in [3.05, 3.63) is 35.5 Å². The number of fused-ring (bicyclic) bond motifs is 1. The van der Waals surface area contributed by atoms with Crippen molar-refractivity contribution in [3.63, 3.8) is 0 Å². The average molecular weight is 275 g/mol. The van der Waals surface area contributed by atoms with E-state index in [0.29, 0.717) is 0 Å². The van der Waals surface area contributed by atoms with Gasteiger partial charge in [0.2, 0.25) is 0 Å². The van der Waals surface area contributed by atoms with E-state index in [9.17, 15) is 0 Å². The Balaban J connectivity index is 2.07. The lowest BCUT2D eigenvalue weighted by Crippen LogP contribution is -2.16. The fourth-order valence-electron chi connectivity index (χ4n) is 2.61. The molecule has 0 saturated heterocycles. The molecule has 0 aliphatic heterocycles. The Morgan fingerprint density at radius 3 is 2.70 bits per heavy atom. The van der Waals surface area contributed by atoms with Crippen molar-refractivity contribution >= 4 is 10.9 Å². The highest BCUT2D eigenvalue weighted by atomic mass is 16.7. The van der Waals surface area contributed by atoms with Gasteiger partial charge in [-0.2, -0.15) is 0 Å². The summed E-state index contributed by atoms with van der Waals surface area (Å²) < 4.78 is 11.7. The molecular weight excluding hydrogens is 250 g/mol. The van der Waals surface area contributed by atoms with Crippen molar-refractivity contribution in [2.75, 3.05) is 6.61 Å². The molecular formula is C17H25NO2. The van der Waals surface area contributed by atoms with E-state index in [1.54, 1.807) is 0 Å². The van der Waals surface area contributed by atoms with Crippen LogP contribution in [0.4, 0.5) is 0 Å². The van der Waals surface area contributed by atoms with Crippen molar-refractivity contribution in [2.45, 2.75) is 52.9 Å². The molecule has 1 aromatic heterocycles. The first kappa shape index (κ1) is 15.1. The highest BCUT2D eigenvalue weighted by molar-refractivity contribution is 5.84. The first-order valence-electron chi connectivity index (χ1n) is 7.47. The maximum absolute atomic E-state index is 5.99. The predicted octanol–water partition coefficient (Wildman–Crippen LogP) is 4.72. The summed E-state index contributed by atoms with van der Waals surface area (Å²) in [5.74, 6) is 0. The van der Waals surface area contributed by atoms with E-state index in [1.807, 2.05) is 13.0 Å². The smallest absolute Gasteiger partial charge is 0.155 e. The molecule has 110 valence electrons. The number of aromatic amines is 1. The van der Waals surface area contributed by atoms with Gasteiger partial charge in [-0.15, -0.1) is 0 Å². The lowest BCUT2D eigenvalue weighted by atomic mass is 10.1. The summed E-state index contributed by atoms with van der Waals surface area (Å²) >= 11 is 0. The lowest BCUT2D eigenvalue weighted by Gasteiger charge is -2.20. The summed E-state index contributed by atoms with van der Waals surface area (Å²) in [7, 11) is 0. The van der Waals surface area contributed by atoms with Crippen LogP contribution in [0.2, 0.25) is 0 Å². The number of benzene rings is 1. The SMILES string of the molecule is CCCCOC(C)OC(C)c1c(C)[nH]c2ccccc12. The number of aryl methyl sites for hydroxylation is 1. The predicted molar refractivity (Wildman–Crippen MR) is 82.9 cm³/mol. The van der Waals surface area contributed by atoms with Crippen LogP contribution in [0.1, 0.15) is 51.0 Å². The third-order valence-electron chi connectivity index (χ3n) is 3.60. The van der Waals surface area contributed by atoms with Gasteiger partial charge in [0.05, 0.1) is 6.10 Å². The number of unbranched alkanes of at least 4 members (excludes halogenated alkanes) is 1. The topological polar surface area (TPSA) is 34.2 Å². The minimum atomic E-state index is -0.176. The van der Waals surface area contributed by atoms with Gasteiger partial charge in [-0.05, 0) is 33.3 Å². The van der Waals surface area contributed by atoms with Crippen LogP contribution in [0.25, 0.3) is 10.9 Å². The molecule has 2 rings (SSSR count). The molecule has 0 fully saturated rings. The van der Waals surface area contributed by atoms with Crippen molar-refractivity contribution in [3.8, 4) is 0 Å². The molecule has 0 amide bonds. The molecule has 2 unspecified atom stereocenters. The quantitative estimate of drug-likeness (QED) is 0.586. The van der Waals surface area contributed by atoms with E-state index in [4.69, 9.17) is 9.47 Å². The number of hydrogen-bond donors (Lipinski definition) is 1. The fourth-order valence-corrected chi connectivity index (χ4v) is 2.61. The van der Waals surface area contributed by atoms with Gasteiger partial charge in [-0.3, -0.25) is 0 Å². The number of nitrogens with one attached hydrogen (secondary N) is 1. The second kappa shape index (κ2) is 6.91. The fraction of sp³-hybridized carbons (Fsp3) is 0.529. The van der Waals surface area contributed by atoms with Gasteiger partial charge >= 0.3 is 0 Å². The van der Waals surface area contributed by atoms with Gasteiger partial charge < -0.3 is 14.5 Å². The molecule has 0 aliphatic rings. The van der Waals surface area contributed by atoms with Gasteiger partial charge in [0, 0.05) is 28.8 Å². The molecule has 3 heteroatoms. The number of aromatic nitrogens is 1. The van der Waals surface area contributed by atoms with Crippen molar-refractivity contribution in [2.24, 2.45) is 0 Å². The van der Waals surface area contributed by atoms with Gasteiger partial charge in [-0.1, -0.05) is 31.5 Å². The van der Waals surface area contributed by atoms with Crippen LogP contribution in [-0.4, -0.2) is 17.9 Å². The normalized spacial score (nSPS) is 14.6. The van der Waals surface area contributed by atoms with Gasteiger partial charge in [0.1, 0.15) is 0 Å². The number of rotatable bonds is 7. The van der Waals surface area contributed by atoms with Crippen molar-refractivity contribution in [1.82, 2.24) is 4.98 Å². The van der Waals surface area contributed by atoms with E-state index in [-0.39, 0.29) is 12.4 Å². The van der Waals surface area contributed by atoms with Crippen LogP contribution in [0.5, 0.6) is 0 Å². The highest BCUT2D eigenvalue weighted by Crippen LogP contribution is 2.30. The Morgan fingerprint density at radius 1 is 1.20 bits per heavy atom. The zero-order valence-electron chi connectivity index (χ0n) is 12.9. The maximum atomic E-state index is 5.99. The average Bonchev–Trinajstić information content (AvgIpc) is 2.74. The monoisotopic (exact) mass is 275 g/mol. The molecule has 0 bridgehead atoms. The molecule has 1 N–H and O–H groups in total. The van der Waals surface area contributed by atoms with E-state index in [0.717, 1.165) is 25.0 Å². The summed E-state index contributed by atoms with van der Waals surface area (Å²) in [4.78, 5) is 3.41. The first-order valence-corrected chi connectivity index (χ1v) is 7.47. The van der Waals surface area contributed by atoms with Gasteiger partial charge in [0.15, 0.2) is 6.29 Å². The summed E-state index contributed by atoms with van der Waals surface area (Å²) in [5.41, 5.74) is 3.56. The Kier molecular flexibility index (Phi) is 5.21. The molecule has 1 heterocycles. The summed E-state index contributed by atoms with van der Waals surface area (Å²) in [6.45, 7) is 9.07. The van der Waals surface area contributed by atoms with Crippen LogP contribution in [-0.2, 0) is 9.47 Å². The number of para-hydroxylation sites is 1. The standard InChI is InChI=1S/C17H25NO2/c1-5-6-11-19-14(4)20-13(3)17-12(2)18-16-10-8-7-9-15(16)17/h7-10,13-14,18H,5-6,11H2,1-4H3. The summed E-state index contributed by atoms with van der Waals surface area (Å²) in [5, 5.41) is 1.23. The maximum Gasteiger partial charge on any atom is 0.155 e. The Labute approximate surface area is 121 Å². The van der Waals surface area contributed by atoms with Crippen molar-refractivity contribution in [1.29, 1.82) is 0 Å². The minimum Gasteiger partial charge on any atom is -0.358 e. The van der Waals surface area contributed by atoms with E-state index in [2.05, 4.69) is 44.0 Å². The van der Waals surface area contributed by atoms with E-state index >= 15 is 0 Å². The largest absolute Gasteiger partial charge is 0.358 e. The Bertz CT molecular complexity index is 547. The van der Waals surface area contributed by atoms with Crippen molar-refractivity contribution < 1.29 is 9.47 Å². The third-order valence-corrected chi connectivity index (χ3v) is 3.60. The molecule has 0 saturated carbocycles. The highest BCUT2D eigenvalue weighted by Gasteiger charge is 2.17. The number of H-pyrrole nitrogens is 1. The second-order valence-electron chi connectivity index (χ2n) is 5.28. The van der Waals surface area contributed by atoms with Crippen LogP contribution in [0.15, 0.2) is 24.3 Å². The second-order valence-corrected chi connectivity index (χ2v) is 5.28.